The van der Waals surface area contributed by atoms with E-state index >= 15 is 0 Å². The van der Waals surface area contributed by atoms with E-state index in [1.807, 2.05) is 24.3 Å². The predicted molar refractivity (Wildman–Crippen MR) is 100 cm³/mol. The van der Waals surface area contributed by atoms with Crippen LogP contribution in [0.4, 0.5) is 22.1 Å². The van der Waals surface area contributed by atoms with E-state index in [4.69, 9.17) is 0 Å². The number of nitro groups is 1. The first kappa shape index (κ1) is 20.0. The SMILES string of the molecule is [CH2-]CN(CC)c1ccc(N=Nc2snc3ccc([N+](=O)[O-])cc23)cc1.[Co]. The topological polar surface area (TPSA) is 84.0 Å². The minimum atomic E-state index is -0.432. The van der Waals surface area contributed by atoms with Crippen LogP contribution in [0.5, 0.6) is 0 Å². The summed E-state index contributed by atoms with van der Waals surface area (Å²) in [5, 5.41) is 20.5. The van der Waals surface area contributed by atoms with Crippen LogP contribution in [0.3, 0.4) is 0 Å². The fraction of sp³-hybridized carbons (Fsp3) is 0.176. The van der Waals surface area contributed by atoms with Gasteiger partial charge in [0, 0.05) is 46.5 Å². The second-order valence-electron chi connectivity index (χ2n) is 5.24. The molecule has 0 saturated carbocycles. The molecule has 0 aliphatic carbocycles. The molecule has 0 aliphatic rings. The van der Waals surface area contributed by atoms with Crippen LogP contribution in [0.2, 0.25) is 0 Å². The van der Waals surface area contributed by atoms with E-state index < -0.39 is 4.92 Å². The van der Waals surface area contributed by atoms with Gasteiger partial charge in [-0.15, -0.1) is 16.8 Å². The quantitative estimate of drug-likeness (QED) is 0.238. The third kappa shape index (κ3) is 4.24. The molecule has 0 spiro atoms. The third-order valence-corrected chi connectivity index (χ3v) is 4.54. The number of hydrogen-bond donors (Lipinski definition) is 0. The van der Waals surface area contributed by atoms with Gasteiger partial charge in [0.05, 0.1) is 16.1 Å². The van der Waals surface area contributed by atoms with Gasteiger partial charge in [0.25, 0.3) is 5.69 Å². The van der Waals surface area contributed by atoms with E-state index in [0.29, 0.717) is 28.1 Å². The van der Waals surface area contributed by atoms with E-state index in [-0.39, 0.29) is 22.5 Å². The number of fused-ring (bicyclic) bond motifs is 1. The summed E-state index contributed by atoms with van der Waals surface area (Å²) in [5.74, 6) is 0. The number of anilines is 1. The van der Waals surface area contributed by atoms with E-state index in [1.54, 1.807) is 6.07 Å². The van der Waals surface area contributed by atoms with E-state index in [1.165, 1.54) is 23.7 Å². The second-order valence-corrected chi connectivity index (χ2v) is 5.99. The fourth-order valence-electron chi connectivity index (χ4n) is 2.41. The van der Waals surface area contributed by atoms with Gasteiger partial charge in [-0.3, -0.25) is 10.1 Å². The molecule has 0 saturated heterocycles. The molecule has 0 fully saturated rings. The van der Waals surface area contributed by atoms with Crippen LogP contribution in [0, 0.1) is 17.0 Å². The van der Waals surface area contributed by atoms with Gasteiger partial charge < -0.3 is 11.8 Å². The number of nitrogens with zero attached hydrogens (tertiary/aromatic N) is 5. The van der Waals surface area contributed by atoms with Crippen LogP contribution >= 0.6 is 11.5 Å². The monoisotopic (exact) mass is 413 g/mol. The maximum Gasteiger partial charge on any atom is 0.270 e. The Labute approximate surface area is 165 Å². The number of non-ortho nitro benzene ring substituents is 1. The zero-order valence-electron chi connectivity index (χ0n) is 14.0. The summed E-state index contributed by atoms with van der Waals surface area (Å²) < 4.78 is 4.24. The summed E-state index contributed by atoms with van der Waals surface area (Å²) >= 11 is 1.17. The first-order valence-corrected chi connectivity index (χ1v) is 8.49. The van der Waals surface area contributed by atoms with E-state index in [2.05, 4.69) is 33.3 Å². The van der Waals surface area contributed by atoms with Crippen molar-refractivity contribution in [2.24, 2.45) is 10.2 Å². The van der Waals surface area contributed by atoms with E-state index in [9.17, 15) is 10.1 Å². The molecule has 137 valence electrons. The van der Waals surface area contributed by atoms with Crippen molar-refractivity contribution in [1.82, 2.24) is 4.37 Å². The Balaban J connectivity index is 0.00000243. The number of rotatable bonds is 6. The van der Waals surface area contributed by atoms with Crippen LogP contribution in [-0.4, -0.2) is 22.4 Å². The Morgan fingerprint density at radius 2 is 1.96 bits per heavy atom. The first-order chi connectivity index (χ1) is 12.1. The maximum atomic E-state index is 10.9. The van der Waals surface area contributed by atoms with Crippen LogP contribution in [0.1, 0.15) is 6.92 Å². The molecule has 0 bridgehead atoms. The minimum absolute atomic E-state index is 0. The zero-order valence-corrected chi connectivity index (χ0v) is 15.8. The average molecular weight is 413 g/mol. The Bertz CT molecular complexity index is 923. The fourth-order valence-corrected chi connectivity index (χ4v) is 3.09. The van der Waals surface area contributed by atoms with Gasteiger partial charge in [0.2, 0.25) is 0 Å². The molecule has 3 aromatic rings. The van der Waals surface area contributed by atoms with Gasteiger partial charge in [-0.05, 0) is 48.8 Å². The molecule has 0 atom stereocenters. The summed E-state index contributed by atoms with van der Waals surface area (Å²) in [6.45, 7) is 7.56. The second kappa shape index (κ2) is 8.83. The molecule has 7 nitrogen and oxygen atoms in total. The molecule has 1 heterocycles. The minimum Gasteiger partial charge on any atom is -0.402 e. The number of benzene rings is 2. The molecular weight excluding hydrogens is 397 g/mol. The summed E-state index contributed by atoms with van der Waals surface area (Å²) in [4.78, 5) is 12.6. The number of nitro benzene ring substituents is 1. The maximum absolute atomic E-state index is 10.9. The standard InChI is InChI=1S/C17H16N5O2S.Co/c1-3-21(4-2)13-7-5-12(6-8-13)18-19-17-15-11-14(22(23)24)9-10-16(15)20-25-17;/h5-11H,1,3-4H2,2H3;/q-1;. The van der Waals surface area contributed by atoms with Gasteiger partial charge in [-0.2, -0.15) is 4.37 Å². The molecule has 2 aromatic carbocycles. The van der Waals surface area contributed by atoms with Crippen molar-refractivity contribution >= 4 is 44.5 Å². The number of azo groups is 1. The Kier molecular flexibility index (Phi) is 6.78. The predicted octanol–water partition coefficient (Wildman–Crippen LogP) is 5.28. The smallest absolute Gasteiger partial charge is 0.270 e. The van der Waals surface area contributed by atoms with Gasteiger partial charge in [-0.25, -0.2) is 0 Å². The molecule has 9 heteroatoms. The van der Waals surface area contributed by atoms with E-state index in [0.717, 1.165) is 12.2 Å². The normalized spacial score (nSPS) is 10.8. The molecule has 26 heavy (non-hydrogen) atoms. The molecule has 1 aromatic heterocycles. The van der Waals surface area contributed by atoms with Crippen molar-refractivity contribution in [3.63, 3.8) is 0 Å². The van der Waals surface area contributed by atoms with Crippen molar-refractivity contribution < 1.29 is 21.7 Å². The molecule has 1 radical (unpaired) electrons. The molecule has 0 amide bonds. The van der Waals surface area contributed by atoms with Crippen molar-refractivity contribution in [3.05, 3.63) is 59.5 Å². The first-order valence-electron chi connectivity index (χ1n) is 7.72. The average Bonchev–Trinajstić information content (AvgIpc) is 3.04. The van der Waals surface area contributed by atoms with Gasteiger partial charge in [-0.1, -0.05) is 0 Å². The van der Waals surface area contributed by atoms with Gasteiger partial charge >= 0.3 is 0 Å². The van der Waals surface area contributed by atoms with Crippen molar-refractivity contribution in [3.8, 4) is 0 Å². The molecule has 0 N–H and O–H groups in total. The summed E-state index contributed by atoms with van der Waals surface area (Å²) in [7, 11) is 0. The molecule has 0 unspecified atom stereocenters. The van der Waals surface area contributed by atoms with Crippen LogP contribution in [0.15, 0.2) is 52.7 Å². The molecule has 3 rings (SSSR count). The summed E-state index contributed by atoms with van der Waals surface area (Å²) in [6.07, 6.45) is 0. The Morgan fingerprint density at radius 3 is 2.58 bits per heavy atom. The summed E-state index contributed by atoms with van der Waals surface area (Å²) in [5.41, 5.74) is 2.47. The third-order valence-electron chi connectivity index (χ3n) is 3.77. The molecular formula is C17H16CoN5O2S-. The molecule has 0 aliphatic heterocycles. The van der Waals surface area contributed by atoms with Crippen LogP contribution in [-0.2, 0) is 16.8 Å². The largest absolute Gasteiger partial charge is 0.402 e. The van der Waals surface area contributed by atoms with Gasteiger partial charge in [0.15, 0.2) is 5.00 Å². The Morgan fingerprint density at radius 1 is 1.23 bits per heavy atom. The Hall–Kier alpha value is -2.36. The van der Waals surface area contributed by atoms with Crippen molar-refractivity contribution in [2.45, 2.75) is 6.92 Å². The van der Waals surface area contributed by atoms with Crippen LogP contribution < -0.4 is 4.90 Å². The number of aromatic nitrogens is 1. The van der Waals surface area contributed by atoms with Crippen molar-refractivity contribution in [1.29, 1.82) is 0 Å². The summed E-state index contributed by atoms with van der Waals surface area (Å²) in [6, 6.07) is 12.2. The zero-order chi connectivity index (χ0) is 17.8. The van der Waals surface area contributed by atoms with Crippen molar-refractivity contribution in [2.75, 3.05) is 18.0 Å². The van der Waals surface area contributed by atoms with Gasteiger partial charge in [0.1, 0.15) is 0 Å². The number of hydrogen-bond acceptors (Lipinski definition) is 7. The van der Waals surface area contributed by atoms with Crippen LogP contribution in [0.25, 0.3) is 10.9 Å².